The van der Waals surface area contributed by atoms with Gasteiger partial charge in [-0.3, -0.25) is 19.4 Å². The van der Waals surface area contributed by atoms with Crippen molar-refractivity contribution in [1.29, 1.82) is 0 Å². The topological polar surface area (TPSA) is 115 Å². The fraction of sp³-hybridized carbons (Fsp3) is 0.622. The first-order valence-corrected chi connectivity index (χ1v) is 17.5. The minimum atomic E-state index is -1.35. The summed E-state index contributed by atoms with van der Waals surface area (Å²) in [5.41, 5.74) is 1.08. The molecule has 2 aromatic rings. The molecule has 0 unspecified atom stereocenters. The second-order valence-electron chi connectivity index (χ2n) is 13.6. The molecule has 4 atom stereocenters. The van der Waals surface area contributed by atoms with Gasteiger partial charge >= 0.3 is 0 Å². The van der Waals surface area contributed by atoms with Crippen LogP contribution in [0.2, 0.25) is 0 Å². The van der Waals surface area contributed by atoms with Crippen molar-refractivity contribution in [2.24, 2.45) is 5.92 Å². The molecular formula is C37H55FN4O7. The first-order chi connectivity index (χ1) is 23.6. The van der Waals surface area contributed by atoms with E-state index in [1.807, 2.05) is 23.1 Å². The lowest BCUT2D eigenvalue weighted by molar-refractivity contribution is -0.136. The van der Waals surface area contributed by atoms with Crippen LogP contribution in [0.1, 0.15) is 49.0 Å². The highest BCUT2D eigenvalue weighted by atomic mass is 19.1. The number of carbonyl (C=O) groups is 2. The summed E-state index contributed by atoms with van der Waals surface area (Å²) in [6.07, 6.45) is -1.65. The third kappa shape index (κ3) is 11.4. The van der Waals surface area contributed by atoms with Gasteiger partial charge in [-0.2, -0.15) is 0 Å². The zero-order chi connectivity index (χ0) is 35.3. The van der Waals surface area contributed by atoms with Gasteiger partial charge in [-0.25, -0.2) is 4.39 Å². The van der Waals surface area contributed by atoms with Crippen LogP contribution in [0.15, 0.2) is 48.5 Å². The molecule has 4 rings (SSSR count). The Kier molecular flexibility index (Phi) is 15.2. The van der Waals surface area contributed by atoms with Gasteiger partial charge in [0.25, 0.3) is 5.91 Å². The minimum Gasteiger partial charge on any atom is -0.497 e. The maximum Gasteiger partial charge on any atom is 0.256 e. The van der Waals surface area contributed by atoms with E-state index in [2.05, 4.69) is 29.7 Å². The molecule has 2 aliphatic rings. The number of methoxy groups -OCH3 is 2. The Bertz CT molecular complexity index is 1330. The zero-order valence-electron chi connectivity index (χ0n) is 29.5. The van der Waals surface area contributed by atoms with E-state index in [4.69, 9.17) is 14.2 Å². The van der Waals surface area contributed by atoms with Gasteiger partial charge in [0.2, 0.25) is 5.91 Å². The number of hydrogen-bond donors (Lipinski definition) is 2. The molecule has 11 nitrogen and oxygen atoms in total. The third-order valence-electron chi connectivity index (χ3n) is 9.40. The van der Waals surface area contributed by atoms with E-state index in [0.29, 0.717) is 32.4 Å². The Balaban J connectivity index is 1.54. The lowest BCUT2D eigenvalue weighted by Crippen LogP contribution is -2.56. The van der Waals surface area contributed by atoms with Crippen LogP contribution < -0.4 is 4.74 Å². The Morgan fingerprint density at radius 3 is 2.39 bits per heavy atom. The normalized spacial score (nSPS) is 24.1. The molecular weight excluding hydrogens is 631 g/mol. The fourth-order valence-corrected chi connectivity index (χ4v) is 6.65. The highest BCUT2D eigenvalue weighted by molar-refractivity contribution is 5.94. The molecule has 0 aliphatic carbocycles. The summed E-state index contributed by atoms with van der Waals surface area (Å²) in [5.74, 6) is -0.218. The number of hydrogen-bond acceptors (Lipinski definition) is 9. The van der Waals surface area contributed by atoms with Crippen molar-refractivity contribution >= 4 is 11.8 Å². The summed E-state index contributed by atoms with van der Waals surface area (Å²) in [4.78, 5) is 36.1. The second-order valence-corrected chi connectivity index (χ2v) is 13.6. The largest absolute Gasteiger partial charge is 0.497 e. The molecule has 0 aromatic heterocycles. The van der Waals surface area contributed by atoms with Crippen LogP contribution in [0.4, 0.5) is 4.39 Å². The zero-order valence-corrected chi connectivity index (χ0v) is 29.5. The molecule has 12 heteroatoms. The number of aliphatic hydroxyl groups excluding tert-OH is 2. The van der Waals surface area contributed by atoms with E-state index in [0.717, 1.165) is 38.5 Å². The quantitative estimate of drug-likeness (QED) is 0.411. The predicted octanol–water partition coefficient (Wildman–Crippen LogP) is 2.88. The molecule has 49 heavy (non-hydrogen) atoms. The van der Waals surface area contributed by atoms with E-state index in [1.165, 1.54) is 35.8 Å². The van der Waals surface area contributed by atoms with E-state index in [9.17, 15) is 24.2 Å². The van der Waals surface area contributed by atoms with Crippen molar-refractivity contribution < 1.29 is 38.4 Å². The Morgan fingerprint density at radius 2 is 1.69 bits per heavy atom. The number of aliphatic hydroxyl groups is 2. The average molecular weight is 687 g/mol. The fourth-order valence-electron chi connectivity index (χ4n) is 6.65. The summed E-state index contributed by atoms with van der Waals surface area (Å²) in [5, 5.41) is 21.6. The number of halogens is 1. The third-order valence-corrected chi connectivity index (χ3v) is 9.40. The van der Waals surface area contributed by atoms with Crippen molar-refractivity contribution in [3.63, 3.8) is 0 Å². The van der Waals surface area contributed by atoms with Gasteiger partial charge in [-0.1, -0.05) is 38.1 Å². The summed E-state index contributed by atoms with van der Waals surface area (Å²) in [6.45, 7) is 9.09. The van der Waals surface area contributed by atoms with E-state index < -0.39 is 30.0 Å². The smallest absolute Gasteiger partial charge is 0.256 e. The molecule has 2 fully saturated rings. The lowest BCUT2D eigenvalue weighted by atomic mass is 9.99. The van der Waals surface area contributed by atoms with Crippen LogP contribution >= 0.6 is 0 Å². The predicted molar refractivity (Wildman–Crippen MR) is 185 cm³/mol. The monoisotopic (exact) mass is 686 g/mol. The van der Waals surface area contributed by atoms with Crippen molar-refractivity contribution in [3.8, 4) is 5.75 Å². The second kappa shape index (κ2) is 19.3. The standard InChI is InChI=1S/C37H55FN4O7/c1-27(2)20-29-23-41(37(46)31-12-5-6-13-32(31)38)24-34(48-4)36(45)33(43)26-49-19-8-7-14-42(29)35(44)25-40-17-15-39(16-18-40)22-28-10-9-11-30(21-28)47-3/h5-6,9-13,21,27,29,33-34,36,43,45H,7-8,14-20,22-26H2,1-4H3/t29-,33-,34-,36-/m1/s1. The number of piperazine rings is 1. The van der Waals surface area contributed by atoms with Crippen LogP contribution in [-0.2, 0) is 20.8 Å². The maximum absolute atomic E-state index is 15.0. The molecule has 272 valence electrons. The number of rotatable bonds is 9. The van der Waals surface area contributed by atoms with E-state index >= 15 is 0 Å². The number of ether oxygens (including phenoxy) is 3. The molecule has 2 heterocycles. The Hall–Kier alpha value is -3.13. The minimum absolute atomic E-state index is 0.0167. The summed E-state index contributed by atoms with van der Waals surface area (Å²) in [7, 11) is 3.06. The first-order valence-electron chi connectivity index (χ1n) is 17.5. The number of carbonyl (C=O) groups excluding carboxylic acids is 2. The van der Waals surface area contributed by atoms with Gasteiger partial charge in [0.1, 0.15) is 29.9 Å². The van der Waals surface area contributed by atoms with Crippen molar-refractivity contribution in [2.45, 2.75) is 64.0 Å². The van der Waals surface area contributed by atoms with Gasteiger partial charge in [0.15, 0.2) is 0 Å². The van der Waals surface area contributed by atoms with Crippen molar-refractivity contribution in [3.05, 3.63) is 65.5 Å². The van der Waals surface area contributed by atoms with E-state index in [1.54, 1.807) is 13.2 Å². The lowest BCUT2D eigenvalue weighted by Gasteiger charge is -2.40. The van der Waals surface area contributed by atoms with Crippen molar-refractivity contribution in [1.82, 2.24) is 19.6 Å². The molecule has 2 aliphatic heterocycles. The summed E-state index contributed by atoms with van der Waals surface area (Å²) in [6, 6.07) is 13.5. The number of nitrogens with zero attached hydrogens (tertiary/aromatic N) is 4. The molecule has 2 amide bonds. The maximum atomic E-state index is 15.0. The van der Waals surface area contributed by atoms with Crippen LogP contribution in [0.25, 0.3) is 0 Å². The molecule has 0 radical (unpaired) electrons. The Labute approximate surface area is 290 Å². The van der Waals surface area contributed by atoms with Gasteiger partial charge in [0, 0.05) is 72.1 Å². The molecule has 2 aromatic carbocycles. The molecule has 0 bridgehead atoms. The molecule has 0 saturated carbocycles. The number of benzene rings is 2. The van der Waals surface area contributed by atoms with Gasteiger partial charge in [-0.15, -0.1) is 0 Å². The van der Waals surface area contributed by atoms with Crippen LogP contribution in [0, 0.1) is 11.7 Å². The van der Waals surface area contributed by atoms with E-state index in [-0.39, 0.29) is 49.7 Å². The SMILES string of the molecule is COc1cccc(CN2CCN(CC(=O)N3CCCCOC[C@@H](O)[C@@H](O)[C@H](OC)CN(C(=O)c4ccccc4F)C[C@H]3CC(C)C)CC2)c1. The summed E-state index contributed by atoms with van der Waals surface area (Å²) < 4.78 is 31.6. The molecule has 2 saturated heterocycles. The summed E-state index contributed by atoms with van der Waals surface area (Å²) >= 11 is 0. The first kappa shape index (κ1) is 38.7. The van der Waals surface area contributed by atoms with Gasteiger partial charge in [0.05, 0.1) is 25.8 Å². The molecule has 0 spiro atoms. The van der Waals surface area contributed by atoms with Gasteiger partial charge < -0.3 is 34.2 Å². The molecule has 2 N–H and O–H groups in total. The van der Waals surface area contributed by atoms with Gasteiger partial charge in [-0.05, 0) is 55.0 Å². The average Bonchev–Trinajstić information content (AvgIpc) is 3.09. The van der Waals surface area contributed by atoms with Crippen LogP contribution in [0.3, 0.4) is 0 Å². The highest BCUT2D eigenvalue weighted by Gasteiger charge is 2.35. The van der Waals surface area contributed by atoms with Crippen molar-refractivity contribution in [2.75, 3.05) is 79.8 Å². The highest BCUT2D eigenvalue weighted by Crippen LogP contribution is 2.21. The number of amides is 2. The van der Waals surface area contributed by atoms with Crippen LogP contribution in [0.5, 0.6) is 5.75 Å². The Morgan fingerprint density at radius 1 is 0.959 bits per heavy atom. The van der Waals surface area contributed by atoms with Crippen LogP contribution in [-0.4, -0.2) is 146 Å².